The van der Waals surface area contributed by atoms with Gasteiger partial charge in [-0.05, 0) is 30.3 Å². The summed E-state index contributed by atoms with van der Waals surface area (Å²) < 4.78 is 31.0. The zero-order chi connectivity index (χ0) is 18.9. The molecule has 3 N–H and O–H groups in total. The van der Waals surface area contributed by atoms with Crippen LogP contribution >= 0.6 is 0 Å². The molecular weight excluding hydrogens is 358 g/mol. The molecule has 1 aliphatic rings. The van der Waals surface area contributed by atoms with E-state index in [-0.39, 0.29) is 12.1 Å². The molecule has 1 unspecified atom stereocenters. The summed E-state index contributed by atoms with van der Waals surface area (Å²) in [7, 11) is -3.58. The molecule has 2 amide bonds. The number of carbonyl (C=O) groups is 2. The molecule has 2 aromatic carbocycles. The summed E-state index contributed by atoms with van der Waals surface area (Å²) in [5.41, 5.74) is 6.22. The first-order valence-corrected chi connectivity index (χ1v) is 9.54. The van der Waals surface area contributed by atoms with E-state index in [9.17, 15) is 18.0 Å². The van der Waals surface area contributed by atoms with E-state index in [0.717, 1.165) is 10.6 Å². The van der Waals surface area contributed by atoms with Crippen molar-refractivity contribution in [1.82, 2.24) is 0 Å². The van der Waals surface area contributed by atoms with Crippen molar-refractivity contribution in [2.45, 2.75) is 6.10 Å². The lowest BCUT2D eigenvalue weighted by molar-refractivity contribution is -0.122. The molecule has 0 saturated heterocycles. The van der Waals surface area contributed by atoms with E-state index in [1.54, 1.807) is 36.4 Å². The second-order valence-electron chi connectivity index (χ2n) is 5.80. The number of primary amides is 1. The zero-order valence-corrected chi connectivity index (χ0v) is 14.7. The van der Waals surface area contributed by atoms with Gasteiger partial charge in [0.05, 0.1) is 18.5 Å². The molecule has 26 heavy (non-hydrogen) atoms. The average molecular weight is 375 g/mol. The fourth-order valence-electron chi connectivity index (χ4n) is 2.63. The number of nitrogens with one attached hydrogen (secondary N) is 1. The molecule has 9 heteroatoms. The molecule has 136 valence electrons. The van der Waals surface area contributed by atoms with Gasteiger partial charge in [0, 0.05) is 11.3 Å². The van der Waals surface area contributed by atoms with Crippen LogP contribution in [0.2, 0.25) is 0 Å². The van der Waals surface area contributed by atoms with Crippen LogP contribution in [0.4, 0.5) is 11.4 Å². The Morgan fingerprint density at radius 1 is 1.19 bits per heavy atom. The summed E-state index contributed by atoms with van der Waals surface area (Å²) in [6, 6.07) is 12.7. The minimum atomic E-state index is -3.58. The Morgan fingerprint density at radius 2 is 1.92 bits per heavy atom. The fourth-order valence-corrected chi connectivity index (χ4v) is 3.54. The van der Waals surface area contributed by atoms with Crippen molar-refractivity contribution in [3.8, 4) is 5.75 Å². The third-order valence-electron chi connectivity index (χ3n) is 3.84. The van der Waals surface area contributed by atoms with Crippen LogP contribution in [0.5, 0.6) is 5.75 Å². The molecule has 1 heterocycles. The summed E-state index contributed by atoms with van der Waals surface area (Å²) in [6.07, 6.45) is 0.0253. The zero-order valence-electron chi connectivity index (χ0n) is 13.9. The summed E-state index contributed by atoms with van der Waals surface area (Å²) >= 11 is 0. The first-order valence-electron chi connectivity index (χ1n) is 7.70. The highest BCUT2D eigenvalue weighted by Crippen LogP contribution is 2.34. The van der Waals surface area contributed by atoms with Crippen molar-refractivity contribution in [2.75, 3.05) is 22.4 Å². The molecule has 2 aromatic rings. The molecule has 1 aliphatic heterocycles. The van der Waals surface area contributed by atoms with E-state index in [4.69, 9.17) is 10.5 Å². The van der Waals surface area contributed by atoms with Crippen LogP contribution in [-0.4, -0.2) is 39.1 Å². The Kier molecular flexibility index (Phi) is 4.56. The van der Waals surface area contributed by atoms with Crippen LogP contribution in [0.1, 0.15) is 10.4 Å². The maximum atomic E-state index is 12.6. The number of nitrogens with two attached hydrogens (primary N) is 1. The minimum Gasteiger partial charge on any atom is -0.476 e. The standard InChI is InChI=1S/C17H17N3O5S/c1-26(23,24)20-10-15(25-14-8-3-2-7-13(14)20)17(22)19-12-6-4-5-11(9-12)16(18)21/h2-9,15H,10H2,1H3,(H2,18,21)(H,19,22). The van der Waals surface area contributed by atoms with Gasteiger partial charge in [0.25, 0.3) is 5.91 Å². The van der Waals surface area contributed by atoms with E-state index in [0.29, 0.717) is 17.1 Å². The van der Waals surface area contributed by atoms with E-state index in [2.05, 4.69) is 5.32 Å². The molecule has 3 rings (SSSR count). The van der Waals surface area contributed by atoms with Crippen LogP contribution in [0.25, 0.3) is 0 Å². The summed E-state index contributed by atoms with van der Waals surface area (Å²) in [6.45, 7) is -0.156. The molecule has 0 radical (unpaired) electrons. The van der Waals surface area contributed by atoms with E-state index < -0.39 is 27.9 Å². The highest BCUT2D eigenvalue weighted by Gasteiger charge is 2.34. The number of sulfonamides is 1. The van der Waals surface area contributed by atoms with Gasteiger partial charge in [-0.3, -0.25) is 13.9 Å². The fraction of sp³-hybridized carbons (Fsp3) is 0.176. The molecule has 0 saturated carbocycles. The Hall–Kier alpha value is -3.07. The van der Waals surface area contributed by atoms with Crippen molar-refractivity contribution >= 4 is 33.2 Å². The number of fused-ring (bicyclic) bond motifs is 1. The average Bonchev–Trinajstić information content (AvgIpc) is 2.60. The smallest absolute Gasteiger partial charge is 0.267 e. The van der Waals surface area contributed by atoms with E-state index >= 15 is 0 Å². The normalized spacial score (nSPS) is 16.3. The first kappa shape index (κ1) is 17.7. The molecule has 0 bridgehead atoms. The van der Waals surface area contributed by atoms with Crippen LogP contribution in [0.3, 0.4) is 0 Å². The van der Waals surface area contributed by atoms with Gasteiger partial charge >= 0.3 is 0 Å². The molecule has 1 atom stereocenters. The van der Waals surface area contributed by atoms with E-state index in [1.165, 1.54) is 12.1 Å². The lowest BCUT2D eigenvalue weighted by atomic mass is 10.1. The van der Waals surface area contributed by atoms with Gasteiger partial charge in [-0.1, -0.05) is 18.2 Å². The van der Waals surface area contributed by atoms with Crippen LogP contribution in [-0.2, 0) is 14.8 Å². The molecule has 0 spiro atoms. The number of carbonyl (C=O) groups excluding carboxylic acids is 2. The Bertz CT molecular complexity index is 974. The number of benzene rings is 2. The van der Waals surface area contributed by atoms with Crippen LogP contribution in [0, 0.1) is 0 Å². The second kappa shape index (κ2) is 6.68. The van der Waals surface area contributed by atoms with Gasteiger partial charge in [0.15, 0.2) is 6.10 Å². The van der Waals surface area contributed by atoms with Crippen LogP contribution < -0.4 is 20.1 Å². The quantitative estimate of drug-likeness (QED) is 0.825. The van der Waals surface area contributed by atoms with Crippen molar-refractivity contribution < 1.29 is 22.7 Å². The number of ether oxygens (including phenoxy) is 1. The maximum absolute atomic E-state index is 12.6. The van der Waals surface area contributed by atoms with Gasteiger partial charge in [0.1, 0.15) is 5.75 Å². The SMILES string of the molecule is CS(=O)(=O)N1CC(C(=O)Nc2cccc(C(N)=O)c2)Oc2ccccc21. The predicted octanol–water partition coefficient (Wildman–Crippen LogP) is 0.951. The topological polar surface area (TPSA) is 119 Å². The van der Waals surface area contributed by atoms with Gasteiger partial charge in [-0.2, -0.15) is 0 Å². The largest absolute Gasteiger partial charge is 0.476 e. The highest BCUT2D eigenvalue weighted by atomic mass is 32.2. The molecule has 8 nitrogen and oxygen atoms in total. The minimum absolute atomic E-state index is 0.156. The molecule has 0 aliphatic carbocycles. The number of anilines is 2. The van der Waals surface area contributed by atoms with Gasteiger partial charge in [0.2, 0.25) is 15.9 Å². The van der Waals surface area contributed by atoms with Crippen molar-refractivity contribution in [1.29, 1.82) is 0 Å². The van der Waals surface area contributed by atoms with E-state index in [1.807, 2.05) is 0 Å². The van der Waals surface area contributed by atoms with Crippen LogP contribution in [0.15, 0.2) is 48.5 Å². The second-order valence-corrected chi connectivity index (χ2v) is 7.71. The number of hydrogen-bond donors (Lipinski definition) is 2. The first-order chi connectivity index (χ1) is 12.3. The number of nitrogens with zero attached hydrogens (tertiary/aromatic N) is 1. The Morgan fingerprint density at radius 3 is 2.62 bits per heavy atom. The highest BCUT2D eigenvalue weighted by molar-refractivity contribution is 7.92. The summed E-state index contributed by atoms with van der Waals surface area (Å²) in [5, 5.41) is 2.62. The van der Waals surface area contributed by atoms with Gasteiger partial charge in [-0.15, -0.1) is 0 Å². The Labute approximate surface area is 150 Å². The Balaban J connectivity index is 1.85. The third kappa shape index (κ3) is 3.62. The van der Waals surface area contributed by atoms with Crippen molar-refractivity contribution in [3.63, 3.8) is 0 Å². The molecular formula is C17H17N3O5S. The number of amides is 2. The van der Waals surface area contributed by atoms with Gasteiger partial charge < -0.3 is 15.8 Å². The third-order valence-corrected chi connectivity index (χ3v) is 4.99. The number of para-hydroxylation sites is 2. The monoisotopic (exact) mass is 375 g/mol. The lowest BCUT2D eigenvalue weighted by Crippen LogP contribution is -2.48. The van der Waals surface area contributed by atoms with Crippen molar-refractivity contribution in [3.05, 3.63) is 54.1 Å². The van der Waals surface area contributed by atoms with Crippen molar-refractivity contribution in [2.24, 2.45) is 5.73 Å². The lowest BCUT2D eigenvalue weighted by Gasteiger charge is -2.33. The summed E-state index contributed by atoms with van der Waals surface area (Å²) in [5.74, 6) is -0.850. The number of rotatable bonds is 4. The molecule has 0 fully saturated rings. The number of hydrogen-bond acceptors (Lipinski definition) is 5. The predicted molar refractivity (Wildman–Crippen MR) is 96.6 cm³/mol. The summed E-state index contributed by atoms with van der Waals surface area (Å²) in [4.78, 5) is 23.8. The molecule has 0 aromatic heterocycles. The van der Waals surface area contributed by atoms with Gasteiger partial charge in [-0.25, -0.2) is 8.42 Å². The maximum Gasteiger partial charge on any atom is 0.267 e.